The van der Waals surface area contributed by atoms with Crippen molar-refractivity contribution in [3.8, 4) is 0 Å². The Morgan fingerprint density at radius 3 is 2.07 bits per heavy atom. The first kappa shape index (κ1) is 32.6. The summed E-state index contributed by atoms with van der Waals surface area (Å²) in [4.78, 5) is 39.4. The fourth-order valence-electron chi connectivity index (χ4n) is 5.57. The lowest BCUT2D eigenvalue weighted by atomic mass is 9.95. The van der Waals surface area contributed by atoms with Gasteiger partial charge < -0.3 is 15.7 Å². The Labute approximate surface area is 260 Å². The van der Waals surface area contributed by atoms with Crippen molar-refractivity contribution >= 4 is 28.4 Å². The molecule has 0 aliphatic carbocycles. The molecular weight excluding hydrogens is 548 g/mol. The average molecular weight is 593 g/mol. The van der Waals surface area contributed by atoms with Crippen molar-refractivity contribution in [1.29, 1.82) is 0 Å². The van der Waals surface area contributed by atoms with Crippen LogP contribution in [0.15, 0.2) is 103 Å². The maximum Gasteiger partial charge on any atom is 0.243 e. The maximum absolute atomic E-state index is 13.6. The Bertz CT molecular complexity index is 1500. The number of nitrogens with one attached hydrogen (secondary N) is 2. The van der Waals surface area contributed by atoms with Crippen LogP contribution in [-0.4, -0.2) is 40.9 Å². The summed E-state index contributed by atoms with van der Waals surface area (Å²) in [6.07, 6.45) is 2.19. The molecule has 0 saturated carbocycles. The lowest BCUT2D eigenvalue weighted by molar-refractivity contribution is -0.130. The molecule has 0 radical (unpaired) electrons. The molecule has 0 fully saturated rings. The van der Waals surface area contributed by atoms with Crippen molar-refractivity contribution in [3.05, 3.63) is 120 Å². The fourth-order valence-corrected chi connectivity index (χ4v) is 5.57. The number of rotatable bonds is 16. The van der Waals surface area contributed by atoms with E-state index in [1.165, 1.54) is 5.56 Å². The molecule has 0 heterocycles. The van der Waals surface area contributed by atoms with Crippen LogP contribution in [0.5, 0.6) is 0 Å². The summed E-state index contributed by atoms with van der Waals surface area (Å²) in [7, 11) is 0. The number of aryl methyl sites for hydroxylation is 1. The highest BCUT2D eigenvalue weighted by Crippen LogP contribution is 2.19. The molecule has 0 spiro atoms. The van der Waals surface area contributed by atoms with Crippen LogP contribution in [0.3, 0.4) is 0 Å². The molecule has 0 aliphatic heterocycles. The van der Waals surface area contributed by atoms with Gasteiger partial charge in [-0.05, 0) is 59.1 Å². The number of hydrogen-bond acceptors (Lipinski definition) is 4. The molecule has 0 bridgehead atoms. The third kappa shape index (κ3) is 9.88. The monoisotopic (exact) mass is 592 g/mol. The van der Waals surface area contributed by atoms with Gasteiger partial charge in [0.1, 0.15) is 11.8 Å². The number of aliphatic hydroxyl groups is 1. The molecule has 6 heteroatoms. The van der Waals surface area contributed by atoms with Crippen LogP contribution in [0, 0.1) is 5.92 Å². The molecule has 4 rings (SSSR count). The minimum atomic E-state index is -0.920. The van der Waals surface area contributed by atoms with Crippen LogP contribution >= 0.6 is 0 Å². The second kappa shape index (κ2) is 16.5. The van der Waals surface area contributed by atoms with Crippen LogP contribution in [0.2, 0.25) is 0 Å². The van der Waals surface area contributed by atoms with Gasteiger partial charge in [-0.1, -0.05) is 117 Å². The Morgan fingerprint density at radius 1 is 0.727 bits per heavy atom. The van der Waals surface area contributed by atoms with Gasteiger partial charge in [0.25, 0.3) is 0 Å². The lowest BCUT2D eigenvalue weighted by Crippen LogP contribution is -2.55. The van der Waals surface area contributed by atoms with E-state index >= 15 is 0 Å². The molecule has 230 valence electrons. The topological polar surface area (TPSA) is 95.5 Å². The predicted octanol–water partition coefficient (Wildman–Crippen LogP) is 5.98. The fraction of sp³-hybridized carbons (Fsp3) is 0.342. The van der Waals surface area contributed by atoms with Crippen molar-refractivity contribution in [1.82, 2.24) is 10.6 Å². The zero-order valence-corrected chi connectivity index (χ0v) is 25.7. The van der Waals surface area contributed by atoms with E-state index < -0.39 is 18.2 Å². The van der Waals surface area contributed by atoms with Gasteiger partial charge in [0.15, 0.2) is 0 Å². The molecular formula is C38H44N2O4. The number of carbonyl (C=O) groups excluding carboxylic acids is 3. The van der Waals surface area contributed by atoms with E-state index in [-0.39, 0.29) is 42.8 Å². The van der Waals surface area contributed by atoms with Crippen LogP contribution in [0.1, 0.15) is 56.2 Å². The molecule has 4 aromatic carbocycles. The highest BCUT2D eigenvalue weighted by Gasteiger charge is 2.29. The predicted molar refractivity (Wildman–Crippen MR) is 176 cm³/mol. The van der Waals surface area contributed by atoms with Crippen molar-refractivity contribution in [3.63, 3.8) is 0 Å². The van der Waals surface area contributed by atoms with Gasteiger partial charge in [0, 0.05) is 12.8 Å². The number of ketones is 1. The zero-order valence-electron chi connectivity index (χ0n) is 25.7. The molecule has 4 aromatic rings. The Kier molecular flexibility index (Phi) is 12.3. The van der Waals surface area contributed by atoms with Gasteiger partial charge in [-0.3, -0.25) is 14.4 Å². The standard InChI is InChI=1S/C38H44N2O4/c1-27(2)37(40-36(43)26-31-20-12-19-30-18-9-10-22-33(30)31)38(44)39-34(25-29-15-7-4-8-16-29)35(42)24-23-32(41)21-11-17-28-13-5-3-6-14-28/h3-10,12-16,18-20,22,27,34-35,37,42H,11,17,21,23-26H2,1-2H3,(H,39,44)(H,40,43)/t34-,35-,37-/m0/s1. The smallest absolute Gasteiger partial charge is 0.243 e. The summed E-state index contributed by atoms with van der Waals surface area (Å²) in [6.45, 7) is 3.78. The Hall–Kier alpha value is -4.29. The summed E-state index contributed by atoms with van der Waals surface area (Å²) in [5.41, 5.74) is 3.07. The first-order valence-electron chi connectivity index (χ1n) is 15.6. The quantitative estimate of drug-likeness (QED) is 0.149. The van der Waals surface area contributed by atoms with Gasteiger partial charge in [-0.2, -0.15) is 0 Å². The van der Waals surface area contributed by atoms with Crippen LogP contribution < -0.4 is 10.6 Å². The highest BCUT2D eigenvalue weighted by molar-refractivity contribution is 5.92. The highest BCUT2D eigenvalue weighted by atomic mass is 16.3. The number of benzene rings is 4. The van der Waals surface area contributed by atoms with Crippen molar-refractivity contribution < 1.29 is 19.5 Å². The van der Waals surface area contributed by atoms with E-state index in [4.69, 9.17) is 0 Å². The largest absolute Gasteiger partial charge is 0.391 e. The number of hydrogen-bond donors (Lipinski definition) is 3. The third-order valence-electron chi connectivity index (χ3n) is 8.07. The molecule has 6 nitrogen and oxygen atoms in total. The van der Waals surface area contributed by atoms with E-state index in [1.54, 1.807) is 0 Å². The normalized spacial score (nSPS) is 13.3. The van der Waals surface area contributed by atoms with E-state index in [9.17, 15) is 19.5 Å². The first-order chi connectivity index (χ1) is 21.3. The number of amides is 2. The summed E-state index contributed by atoms with van der Waals surface area (Å²) < 4.78 is 0. The van der Waals surface area contributed by atoms with Gasteiger partial charge >= 0.3 is 0 Å². The van der Waals surface area contributed by atoms with Crippen molar-refractivity contribution in [2.24, 2.45) is 5.92 Å². The summed E-state index contributed by atoms with van der Waals surface area (Å²) >= 11 is 0. The van der Waals surface area contributed by atoms with Crippen LogP contribution in [-0.2, 0) is 33.6 Å². The van der Waals surface area contributed by atoms with E-state index in [2.05, 4.69) is 22.8 Å². The molecule has 3 N–H and O–H groups in total. The summed E-state index contributed by atoms with van der Waals surface area (Å²) in [5, 5.41) is 19.2. The molecule has 0 aromatic heterocycles. The maximum atomic E-state index is 13.6. The molecule has 2 amide bonds. The van der Waals surface area contributed by atoms with Crippen molar-refractivity contribution in [2.75, 3.05) is 0 Å². The molecule has 0 saturated heterocycles. The third-order valence-corrected chi connectivity index (χ3v) is 8.07. The lowest BCUT2D eigenvalue weighted by Gasteiger charge is -2.28. The van der Waals surface area contributed by atoms with E-state index in [1.807, 2.05) is 105 Å². The SMILES string of the molecule is CC(C)[C@H](NC(=O)Cc1cccc2ccccc12)C(=O)N[C@@H](Cc1ccccc1)[C@@H](O)CCC(=O)CCCc1ccccc1. The summed E-state index contributed by atoms with van der Waals surface area (Å²) in [5.74, 6) is -0.658. The molecule has 0 aliphatic rings. The van der Waals surface area contributed by atoms with Gasteiger partial charge in [-0.25, -0.2) is 0 Å². The minimum absolute atomic E-state index is 0.102. The van der Waals surface area contributed by atoms with Crippen LogP contribution in [0.4, 0.5) is 0 Å². The second-order valence-corrected chi connectivity index (χ2v) is 11.9. The minimum Gasteiger partial charge on any atom is -0.391 e. The molecule has 0 unspecified atom stereocenters. The first-order valence-corrected chi connectivity index (χ1v) is 15.6. The van der Waals surface area contributed by atoms with E-state index in [0.717, 1.165) is 34.7 Å². The molecule has 44 heavy (non-hydrogen) atoms. The van der Waals surface area contributed by atoms with Crippen LogP contribution in [0.25, 0.3) is 10.8 Å². The van der Waals surface area contributed by atoms with Gasteiger partial charge in [0.2, 0.25) is 11.8 Å². The molecule has 3 atom stereocenters. The Balaban J connectivity index is 1.37. The zero-order chi connectivity index (χ0) is 31.3. The van der Waals surface area contributed by atoms with Gasteiger partial charge in [0.05, 0.1) is 18.6 Å². The average Bonchev–Trinajstić information content (AvgIpc) is 3.03. The number of Topliss-reactive ketones (excluding diaryl/α,β-unsaturated/α-hetero) is 1. The second-order valence-electron chi connectivity index (χ2n) is 11.9. The number of fused-ring (bicyclic) bond motifs is 1. The van der Waals surface area contributed by atoms with Gasteiger partial charge in [-0.15, -0.1) is 0 Å². The Morgan fingerprint density at radius 2 is 1.36 bits per heavy atom. The van der Waals surface area contributed by atoms with E-state index in [0.29, 0.717) is 12.8 Å². The number of carbonyl (C=O) groups is 3. The summed E-state index contributed by atoms with van der Waals surface area (Å²) in [6, 6.07) is 32.1. The number of aliphatic hydroxyl groups excluding tert-OH is 1. The van der Waals surface area contributed by atoms with Crippen molar-refractivity contribution in [2.45, 2.75) is 77.0 Å².